The average molecular weight is 197 g/mol. The first-order chi connectivity index (χ1) is 6.75. The third-order valence-corrected chi connectivity index (χ3v) is 3.84. The second-order valence-electron chi connectivity index (χ2n) is 5.03. The summed E-state index contributed by atoms with van der Waals surface area (Å²) in [7, 11) is 0. The molecule has 1 heterocycles. The monoisotopic (exact) mass is 197 g/mol. The zero-order chi connectivity index (χ0) is 9.97. The summed E-state index contributed by atoms with van der Waals surface area (Å²) in [6.07, 6.45) is 7.74. The maximum Gasteiger partial charge on any atom is 0.0704 e. The zero-order valence-electron chi connectivity index (χ0n) is 9.46. The van der Waals surface area contributed by atoms with E-state index in [2.05, 4.69) is 19.2 Å². The van der Waals surface area contributed by atoms with E-state index in [4.69, 9.17) is 4.74 Å². The lowest BCUT2D eigenvalue weighted by atomic mass is 9.80. The highest BCUT2D eigenvalue weighted by Crippen LogP contribution is 2.29. The number of hydrogen-bond donors (Lipinski definition) is 1. The molecule has 0 radical (unpaired) electrons. The van der Waals surface area contributed by atoms with Crippen LogP contribution in [-0.4, -0.2) is 24.8 Å². The molecule has 3 atom stereocenters. The minimum atomic E-state index is 0.479. The number of rotatable bonds is 4. The summed E-state index contributed by atoms with van der Waals surface area (Å²) in [5, 5.41) is 3.62. The van der Waals surface area contributed by atoms with Gasteiger partial charge < -0.3 is 10.1 Å². The van der Waals surface area contributed by atoms with Gasteiger partial charge in [-0.05, 0) is 45.4 Å². The Morgan fingerprint density at radius 2 is 2.07 bits per heavy atom. The fourth-order valence-corrected chi connectivity index (χ4v) is 2.46. The van der Waals surface area contributed by atoms with E-state index in [0.717, 1.165) is 12.5 Å². The fourth-order valence-electron chi connectivity index (χ4n) is 2.46. The van der Waals surface area contributed by atoms with E-state index in [1.54, 1.807) is 0 Å². The van der Waals surface area contributed by atoms with Crippen molar-refractivity contribution in [2.24, 2.45) is 5.92 Å². The highest BCUT2D eigenvalue weighted by Gasteiger charge is 2.26. The molecule has 0 aromatic heterocycles. The Labute approximate surface area is 87.4 Å². The van der Waals surface area contributed by atoms with Gasteiger partial charge >= 0.3 is 0 Å². The summed E-state index contributed by atoms with van der Waals surface area (Å²) >= 11 is 0. The minimum Gasteiger partial charge on any atom is -0.374 e. The molecule has 1 saturated carbocycles. The van der Waals surface area contributed by atoms with E-state index in [1.165, 1.54) is 32.1 Å². The highest BCUT2D eigenvalue weighted by atomic mass is 16.5. The third kappa shape index (κ3) is 2.48. The molecule has 1 saturated heterocycles. The van der Waals surface area contributed by atoms with Crippen molar-refractivity contribution in [3.05, 3.63) is 0 Å². The summed E-state index contributed by atoms with van der Waals surface area (Å²) in [5.41, 5.74) is 0. The molecule has 0 aromatic rings. The van der Waals surface area contributed by atoms with Crippen molar-refractivity contribution in [2.75, 3.05) is 6.54 Å². The van der Waals surface area contributed by atoms with E-state index in [9.17, 15) is 0 Å². The Balaban J connectivity index is 1.61. The maximum atomic E-state index is 5.78. The summed E-state index contributed by atoms with van der Waals surface area (Å²) in [5.74, 6) is 0.939. The van der Waals surface area contributed by atoms with Crippen molar-refractivity contribution in [3.63, 3.8) is 0 Å². The molecule has 1 aliphatic heterocycles. The van der Waals surface area contributed by atoms with Crippen LogP contribution in [0.5, 0.6) is 0 Å². The number of nitrogens with one attached hydrogen (secondary N) is 1. The van der Waals surface area contributed by atoms with Crippen molar-refractivity contribution in [1.29, 1.82) is 0 Å². The topological polar surface area (TPSA) is 21.3 Å². The maximum absolute atomic E-state index is 5.78. The van der Waals surface area contributed by atoms with Crippen LogP contribution in [0.15, 0.2) is 0 Å². The van der Waals surface area contributed by atoms with Gasteiger partial charge in [-0.1, -0.05) is 6.42 Å². The molecular weight excluding hydrogens is 174 g/mol. The van der Waals surface area contributed by atoms with E-state index >= 15 is 0 Å². The Morgan fingerprint density at radius 3 is 2.57 bits per heavy atom. The highest BCUT2D eigenvalue weighted by molar-refractivity contribution is 4.81. The fraction of sp³-hybridized carbons (Fsp3) is 1.00. The van der Waals surface area contributed by atoms with Crippen molar-refractivity contribution >= 4 is 0 Å². The first kappa shape index (κ1) is 10.4. The average Bonchev–Trinajstić information content (AvgIpc) is 2.45. The molecule has 82 valence electrons. The standard InChI is InChI=1S/C12H23NO/c1-9-6-7-12(14-9)8-13-10(2)11-4-3-5-11/h9-13H,3-8H2,1-2H3. The SMILES string of the molecule is CC1CCC(CNC(C)C2CCC2)O1. The predicted octanol–water partition coefficient (Wildman–Crippen LogP) is 2.33. The molecule has 1 N–H and O–H groups in total. The van der Waals surface area contributed by atoms with Crippen LogP contribution in [0.4, 0.5) is 0 Å². The van der Waals surface area contributed by atoms with Crippen LogP contribution >= 0.6 is 0 Å². The first-order valence-electron chi connectivity index (χ1n) is 6.14. The third-order valence-electron chi connectivity index (χ3n) is 3.84. The van der Waals surface area contributed by atoms with Crippen LogP contribution in [0.25, 0.3) is 0 Å². The summed E-state index contributed by atoms with van der Waals surface area (Å²) in [6.45, 7) is 5.56. The Hall–Kier alpha value is -0.0800. The lowest BCUT2D eigenvalue weighted by molar-refractivity contribution is 0.0519. The van der Waals surface area contributed by atoms with Crippen LogP contribution in [0.1, 0.15) is 46.0 Å². The zero-order valence-corrected chi connectivity index (χ0v) is 9.46. The molecule has 2 aliphatic rings. The first-order valence-corrected chi connectivity index (χ1v) is 6.14. The van der Waals surface area contributed by atoms with Gasteiger partial charge in [-0.3, -0.25) is 0 Å². The van der Waals surface area contributed by atoms with Gasteiger partial charge in [-0.2, -0.15) is 0 Å². The molecule has 2 fully saturated rings. The van der Waals surface area contributed by atoms with Gasteiger partial charge in [0.05, 0.1) is 12.2 Å². The number of hydrogen-bond acceptors (Lipinski definition) is 2. The van der Waals surface area contributed by atoms with Gasteiger partial charge in [0, 0.05) is 12.6 Å². The van der Waals surface area contributed by atoms with Crippen molar-refractivity contribution in [2.45, 2.75) is 64.2 Å². The van der Waals surface area contributed by atoms with Gasteiger partial charge in [0.1, 0.15) is 0 Å². The predicted molar refractivity (Wildman–Crippen MR) is 58.4 cm³/mol. The smallest absolute Gasteiger partial charge is 0.0704 e. The summed E-state index contributed by atoms with van der Waals surface area (Å²) < 4.78 is 5.78. The van der Waals surface area contributed by atoms with Crippen LogP contribution in [-0.2, 0) is 4.74 Å². The Bertz CT molecular complexity index is 177. The number of ether oxygens (including phenoxy) is 1. The van der Waals surface area contributed by atoms with E-state index < -0.39 is 0 Å². The van der Waals surface area contributed by atoms with Crippen molar-refractivity contribution in [3.8, 4) is 0 Å². The van der Waals surface area contributed by atoms with Gasteiger partial charge in [0.25, 0.3) is 0 Å². The Morgan fingerprint density at radius 1 is 1.29 bits per heavy atom. The molecular formula is C12H23NO. The van der Waals surface area contributed by atoms with E-state index in [1.807, 2.05) is 0 Å². The van der Waals surface area contributed by atoms with Gasteiger partial charge in [0.15, 0.2) is 0 Å². The summed E-state index contributed by atoms with van der Waals surface area (Å²) in [6, 6.07) is 0.697. The molecule has 0 spiro atoms. The largest absolute Gasteiger partial charge is 0.374 e. The van der Waals surface area contributed by atoms with Gasteiger partial charge in [0.2, 0.25) is 0 Å². The normalized spacial score (nSPS) is 35.6. The van der Waals surface area contributed by atoms with Crippen LogP contribution in [0, 0.1) is 5.92 Å². The molecule has 2 heteroatoms. The molecule has 0 bridgehead atoms. The summed E-state index contributed by atoms with van der Waals surface area (Å²) in [4.78, 5) is 0. The molecule has 2 nitrogen and oxygen atoms in total. The van der Waals surface area contributed by atoms with Gasteiger partial charge in [-0.15, -0.1) is 0 Å². The lowest BCUT2D eigenvalue weighted by Crippen LogP contribution is -2.40. The van der Waals surface area contributed by atoms with Crippen LogP contribution in [0.2, 0.25) is 0 Å². The molecule has 1 aliphatic carbocycles. The quantitative estimate of drug-likeness (QED) is 0.747. The second-order valence-corrected chi connectivity index (χ2v) is 5.03. The molecule has 0 amide bonds. The van der Waals surface area contributed by atoms with E-state index in [-0.39, 0.29) is 0 Å². The minimum absolute atomic E-state index is 0.479. The molecule has 14 heavy (non-hydrogen) atoms. The van der Waals surface area contributed by atoms with Crippen LogP contribution < -0.4 is 5.32 Å². The molecule has 3 unspecified atom stereocenters. The van der Waals surface area contributed by atoms with Gasteiger partial charge in [-0.25, -0.2) is 0 Å². The van der Waals surface area contributed by atoms with Crippen molar-refractivity contribution in [1.82, 2.24) is 5.32 Å². The molecule has 0 aromatic carbocycles. The van der Waals surface area contributed by atoms with E-state index in [0.29, 0.717) is 18.2 Å². The van der Waals surface area contributed by atoms with Crippen LogP contribution in [0.3, 0.4) is 0 Å². The second kappa shape index (κ2) is 4.63. The Kier molecular flexibility index (Phi) is 3.45. The van der Waals surface area contributed by atoms with Crippen molar-refractivity contribution < 1.29 is 4.74 Å². The lowest BCUT2D eigenvalue weighted by Gasteiger charge is -2.32. The molecule has 2 rings (SSSR count).